The molecule has 3 rings (SSSR count). The maximum absolute atomic E-state index is 12.8. The van der Waals surface area contributed by atoms with Gasteiger partial charge in [-0.05, 0) is 37.3 Å². The minimum Gasteiger partial charge on any atom is -0.348 e. The number of hydrogen-bond acceptors (Lipinski definition) is 2. The first-order valence-corrected chi connectivity index (χ1v) is 11.0. The summed E-state index contributed by atoms with van der Waals surface area (Å²) < 4.78 is 0. The lowest BCUT2D eigenvalue weighted by molar-refractivity contribution is -1.02. The summed E-state index contributed by atoms with van der Waals surface area (Å²) in [4.78, 5) is 15.8. The number of rotatable bonds is 5. The van der Waals surface area contributed by atoms with Crippen LogP contribution in [0, 0.1) is 23.2 Å². The number of nitrogens with one attached hydrogen (secondary N) is 3. The Kier molecular flexibility index (Phi) is 7.09. The summed E-state index contributed by atoms with van der Waals surface area (Å²) in [5.74, 6) is 1.51. The molecule has 1 aliphatic carbocycles. The first-order valence-electron chi connectivity index (χ1n) is 11.0. The smallest absolute Gasteiger partial charge is 0.278 e. The van der Waals surface area contributed by atoms with E-state index in [0.29, 0.717) is 17.9 Å². The van der Waals surface area contributed by atoms with Crippen molar-refractivity contribution in [2.45, 2.75) is 58.7 Å². The van der Waals surface area contributed by atoms with Crippen LogP contribution in [0.15, 0.2) is 24.3 Å². The number of carbonyl (C=O) groups excluding carboxylic acids is 1. The molecule has 1 aromatic carbocycles. The molecule has 0 aromatic heterocycles. The van der Waals surface area contributed by atoms with Crippen molar-refractivity contribution in [1.29, 1.82) is 5.26 Å². The summed E-state index contributed by atoms with van der Waals surface area (Å²) in [5.41, 5.74) is 2.00. The maximum Gasteiger partial charge on any atom is 0.278 e. The Labute approximate surface area is 169 Å². The molecule has 0 spiro atoms. The third-order valence-electron chi connectivity index (χ3n) is 7.18. The van der Waals surface area contributed by atoms with E-state index in [4.69, 9.17) is 5.26 Å². The van der Waals surface area contributed by atoms with E-state index in [1.807, 2.05) is 12.1 Å². The highest BCUT2D eigenvalue weighted by Crippen LogP contribution is 2.29. The number of nitriles is 1. The van der Waals surface area contributed by atoms with E-state index in [1.54, 1.807) is 4.90 Å². The van der Waals surface area contributed by atoms with Crippen molar-refractivity contribution in [2.24, 2.45) is 11.8 Å². The molecule has 1 amide bonds. The van der Waals surface area contributed by atoms with Gasteiger partial charge in [-0.1, -0.05) is 38.8 Å². The van der Waals surface area contributed by atoms with E-state index >= 15 is 0 Å². The van der Waals surface area contributed by atoms with Gasteiger partial charge >= 0.3 is 0 Å². The van der Waals surface area contributed by atoms with Gasteiger partial charge in [-0.25, -0.2) is 0 Å². The highest BCUT2D eigenvalue weighted by atomic mass is 16.2. The summed E-state index contributed by atoms with van der Waals surface area (Å²) in [6, 6.07) is 10.5. The van der Waals surface area contributed by atoms with Crippen LogP contribution >= 0.6 is 0 Å². The Morgan fingerprint density at radius 2 is 1.86 bits per heavy atom. The van der Waals surface area contributed by atoms with Gasteiger partial charge in [0.1, 0.15) is 32.7 Å². The van der Waals surface area contributed by atoms with Crippen LogP contribution in [-0.2, 0) is 11.3 Å². The molecule has 28 heavy (non-hydrogen) atoms. The Hall–Kier alpha value is -1.90. The first kappa shape index (κ1) is 20.8. The second-order valence-corrected chi connectivity index (χ2v) is 9.00. The van der Waals surface area contributed by atoms with E-state index < -0.39 is 0 Å². The lowest BCUT2D eigenvalue weighted by Crippen LogP contribution is -3.29. The molecular weight excluding hydrogens is 348 g/mol. The standard InChI is InChI=1S/C23H34N4O/c1-17-5-4-6-22(18(17)2)25-23(28)19(3)27-13-11-26(12-14-27)16-21-9-7-20(15-24)8-10-21/h7-10,17-19,22H,4-6,11-14,16H2,1-3H3,(H,25,28)/p+2/t17-,18+,19+,22-/m0/s1. The van der Waals surface area contributed by atoms with Crippen LogP contribution < -0.4 is 15.1 Å². The second-order valence-electron chi connectivity index (χ2n) is 9.00. The predicted octanol–water partition coefficient (Wildman–Crippen LogP) is 0.171. The van der Waals surface area contributed by atoms with E-state index in [9.17, 15) is 4.79 Å². The number of benzene rings is 1. The Balaban J connectivity index is 1.45. The van der Waals surface area contributed by atoms with Gasteiger partial charge in [-0.3, -0.25) is 4.79 Å². The molecule has 5 nitrogen and oxygen atoms in total. The lowest BCUT2D eigenvalue weighted by atomic mass is 9.78. The molecule has 152 valence electrons. The maximum atomic E-state index is 12.8. The molecule has 1 saturated heterocycles. The predicted molar refractivity (Wildman–Crippen MR) is 110 cm³/mol. The van der Waals surface area contributed by atoms with Crippen molar-refractivity contribution in [3.05, 3.63) is 35.4 Å². The zero-order valence-corrected chi connectivity index (χ0v) is 17.6. The highest BCUT2D eigenvalue weighted by molar-refractivity contribution is 5.80. The van der Waals surface area contributed by atoms with Gasteiger partial charge in [-0.15, -0.1) is 0 Å². The van der Waals surface area contributed by atoms with Crippen LogP contribution in [0.25, 0.3) is 0 Å². The van der Waals surface area contributed by atoms with Crippen LogP contribution in [0.5, 0.6) is 0 Å². The zero-order valence-electron chi connectivity index (χ0n) is 17.6. The molecule has 0 bridgehead atoms. The van der Waals surface area contributed by atoms with Gasteiger partial charge in [0.05, 0.1) is 11.6 Å². The fourth-order valence-electron chi connectivity index (χ4n) is 4.80. The number of piperazine rings is 1. The van der Waals surface area contributed by atoms with Gasteiger partial charge in [-0.2, -0.15) is 5.26 Å². The highest BCUT2D eigenvalue weighted by Gasteiger charge is 2.34. The molecule has 4 atom stereocenters. The van der Waals surface area contributed by atoms with E-state index in [1.165, 1.54) is 23.3 Å². The Morgan fingerprint density at radius 3 is 2.50 bits per heavy atom. The first-order chi connectivity index (χ1) is 13.5. The molecule has 0 radical (unpaired) electrons. The monoisotopic (exact) mass is 384 g/mol. The van der Waals surface area contributed by atoms with Gasteiger partial charge in [0.2, 0.25) is 0 Å². The van der Waals surface area contributed by atoms with Crippen molar-refractivity contribution in [3.8, 4) is 6.07 Å². The molecule has 2 aliphatic rings. The van der Waals surface area contributed by atoms with Crippen LogP contribution in [0.1, 0.15) is 51.2 Å². The number of quaternary nitrogens is 2. The second kappa shape index (κ2) is 9.54. The molecule has 2 fully saturated rings. The van der Waals surface area contributed by atoms with E-state index in [2.05, 4.69) is 44.3 Å². The van der Waals surface area contributed by atoms with Crippen molar-refractivity contribution in [1.82, 2.24) is 5.32 Å². The molecule has 1 saturated carbocycles. The van der Waals surface area contributed by atoms with E-state index in [-0.39, 0.29) is 11.9 Å². The number of carbonyl (C=O) groups is 1. The van der Waals surface area contributed by atoms with Gasteiger partial charge in [0.15, 0.2) is 6.04 Å². The van der Waals surface area contributed by atoms with Crippen LogP contribution in [-0.4, -0.2) is 44.2 Å². The van der Waals surface area contributed by atoms with Gasteiger partial charge in [0, 0.05) is 11.6 Å². The number of nitrogens with zero attached hydrogens (tertiary/aromatic N) is 1. The SMILES string of the molecule is C[C@H]1[C@@H](NC(=O)[C@@H](C)[NH+]2CC[NH+](Cc3ccc(C#N)cc3)CC2)CCC[C@@H]1C. The Morgan fingerprint density at radius 1 is 1.18 bits per heavy atom. The summed E-state index contributed by atoms with van der Waals surface area (Å²) in [7, 11) is 0. The fourth-order valence-corrected chi connectivity index (χ4v) is 4.80. The average molecular weight is 385 g/mol. The van der Waals surface area contributed by atoms with Gasteiger partial charge < -0.3 is 15.1 Å². The molecule has 1 aliphatic heterocycles. The van der Waals surface area contributed by atoms with Gasteiger partial charge in [0.25, 0.3) is 5.91 Å². The molecular formula is C23H36N4O+2. The van der Waals surface area contributed by atoms with Crippen LogP contribution in [0.4, 0.5) is 0 Å². The van der Waals surface area contributed by atoms with Crippen molar-refractivity contribution in [2.75, 3.05) is 26.2 Å². The summed E-state index contributed by atoms with van der Waals surface area (Å²) in [5, 5.41) is 12.3. The number of hydrogen-bond donors (Lipinski definition) is 3. The largest absolute Gasteiger partial charge is 0.348 e. The average Bonchev–Trinajstić information content (AvgIpc) is 2.72. The summed E-state index contributed by atoms with van der Waals surface area (Å²) >= 11 is 0. The van der Waals surface area contributed by atoms with Crippen LogP contribution in [0.2, 0.25) is 0 Å². The van der Waals surface area contributed by atoms with E-state index in [0.717, 1.165) is 44.7 Å². The molecule has 1 aromatic rings. The third-order valence-corrected chi connectivity index (χ3v) is 7.18. The lowest BCUT2D eigenvalue weighted by Gasteiger charge is -2.37. The quantitative estimate of drug-likeness (QED) is 0.678. The molecule has 3 N–H and O–H groups in total. The summed E-state index contributed by atoms with van der Waals surface area (Å²) in [6.07, 6.45) is 3.65. The van der Waals surface area contributed by atoms with Crippen molar-refractivity contribution >= 4 is 5.91 Å². The molecule has 1 heterocycles. The Bertz CT molecular complexity index is 688. The minimum absolute atomic E-state index is 0.0286. The molecule has 0 unspecified atom stereocenters. The summed E-state index contributed by atoms with van der Waals surface area (Å²) in [6.45, 7) is 11.9. The van der Waals surface area contributed by atoms with Crippen LogP contribution in [0.3, 0.4) is 0 Å². The fraction of sp³-hybridized carbons (Fsp3) is 0.652. The normalized spacial score (nSPS) is 31.6. The van der Waals surface area contributed by atoms with Crippen molar-refractivity contribution in [3.63, 3.8) is 0 Å². The topological polar surface area (TPSA) is 61.8 Å². The third kappa shape index (κ3) is 5.12. The minimum atomic E-state index is 0.0286. The number of amides is 1. The van der Waals surface area contributed by atoms with Crippen molar-refractivity contribution < 1.29 is 14.6 Å². The molecule has 5 heteroatoms. The zero-order chi connectivity index (χ0) is 20.1.